The maximum absolute atomic E-state index is 14.0. The van der Waals surface area contributed by atoms with Gasteiger partial charge in [-0.2, -0.15) is 4.98 Å². The summed E-state index contributed by atoms with van der Waals surface area (Å²) in [6.45, 7) is 2.98. The van der Waals surface area contributed by atoms with E-state index in [0.717, 1.165) is 5.39 Å². The van der Waals surface area contributed by atoms with E-state index in [0.29, 0.717) is 36.7 Å². The second-order valence-corrected chi connectivity index (χ2v) is 5.71. The van der Waals surface area contributed by atoms with E-state index < -0.39 is 11.6 Å². The molecule has 0 aliphatic carbocycles. The van der Waals surface area contributed by atoms with Crippen molar-refractivity contribution in [3.8, 4) is 0 Å². The highest BCUT2D eigenvalue weighted by Gasteiger charge is 2.30. The molecule has 4 rings (SSSR count). The molecule has 23 heavy (non-hydrogen) atoms. The highest BCUT2D eigenvalue weighted by molar-refractivity contribution is 5.88. The molecule has 0 N–H and O–H groups in total. The largest absolute Gasteiger partial charge is 0.355 e. The minimum absolute atomic E-state index is 0.155. The maximum atomic E-state index is 14.0. The molecule has 1 aliphatic rings. The van der Waals surface area contributed by atoms with Gasteiger partial charge in [0, 0.05) is 24.6 Å². The van der Waals surface area contributed by atoms with E-state index in [1.165, 1.54) is 24.5 Å². The van der Waals surface area contributed by atoms with E-state index in [4.69, 9.17) is 4.52 Å². The van der Waals surface area contributed by atoms with Crippen LogP contribution in [0.15, 0.2) is 29.0 Å². The second-order valence-electron chi connectivity index (χ2n) is 5.71. The third-order valence-electron chi connectivity index (χ3n) is 4.32. The topological polar surface area (TPSA) is 55.1 Å². The van der Waals surface area contributed by atoms with Crippen molar-refractivity contribution in [2.45, 2.75) is 19.3 Å². The SMILES string of the molecule is Cc1noc2ncnc(N3CC[C@@H](c4c(F)cccc4F)C3)c12. The molecule has 118 valence electrons. The van der Waals surface area contributed by atoms with Gasteiger partial charge in [-0.15, -0.1) is 0 Å². The van der Waals surface area contributed by atoms with Crippen molar-refractivity contribution in [1.29, 1.82) is 0 Å². The first-order valence-electron chi connectivity index (χ1n) is 7.41. The number of hydrogen-bond donors (Lipinski definition) is 0. The zero-order valence-electron chi connectivity index (χ0n) is 12.5. The van der Waals surface area contributed by atoms with E-state index in [-0.39, 0.29) is 11.5 Å². The zero-order chi connectivity index (χ0) is 16.0. The Labute approximate surface area is 130 Å². The number of anilines is 1. The first-order valence-corrected chi connectivity index (χ1v) is 7.41. The molecule has 0 bridgehead atoms. The van der Waals surface area contributed by atoms with Crippen LogP contribution < -0.4 is 4.90 Å². The van der Waals surface area contributed by atoms with Gasteiger partial charge in [0.2, 0.25) is 0 Å². The Bertz CT molecular complexity index is 859. The normalized spacial score (nSPS) is 18.0. The van der Waals surface area contributed by atoms with Crippen molar-refractivity contribution < 1.29 is 13.3 Å². The molecule has 0 unspecified atom stereocenters. The Morgan fingerprint density at radius 2 is 2.00 bits per heavy atom. The van der Waals surface area contributed by atoms with Crippen LogP contribution in [-0.4, -0.2) is 28.2 Å². The highest BCUT2D eigenvalue weighted by Crippen LogP contribution is 2.35. The zero-order valence-corrected chi connectivity index (χ0v) is 12.5. The summed E-state index contributed by atoms with van der Waals surface area (Å²) < 4.78 is 33.1. The van der Waals surface area contributed by atoms with Crippen molar-refractivity contribution >= 4 is 16.9 Å². The fourth-order valence-electron chi connectivity index (χ4n) is 3.23. The smallest absolute Gasteiger partial charge is 0.263 e. The van der Waals surface area contributed by atoms with E-state index in [1.807, 2.05) is 11.8 Å². The third-order valence-corrected chi connectivity index (χ3v) is 4.32. The molecule has 0 saturated carbocycles. The lowest BCUT2D eigenvalue weighted by Gasteiger charge is -2.18. The van der Waals surface area contributed by atoms with Gasteiger partial charge in [0.05, 0.1) is 5.69 Å². The number of benzene rings is 1. The van der Waals surface area contributed by atoms with Gasteiger partial charge in [0.15, 0.2) is 0 Å². The van der Waals surface area contributed by atoms with Crippen LogP contribution in [0.4, 0.5) is 14.6 Å². The van der Waals surface area contributed by atoms with Crippen LogP contribution >= 0.6 is 0 Å². The van der Waals surface area contributed by atoms with Gasteiger partial charge in [-0.25, -0.2) is 13.8 Å². The molecule has 1 fully saturated rings. The first kappa shape index (κ1) is 14.0. The van der Waals surface area contributed by atoms with Crippen LogP contribution in [0, 0.1) is 18.6 Å². The average Bonchev–Trinajstić information content (AvgIpc) is 3.15. The Morgan fingerprint density at radius 3 is 2.78 bits per heavy atom. The minimum Gasteiger partial charge on any atom is -0.355 e. The lowest BCUT2D eigenvalue weighted by atomic mass is 9.97. The number of hydrogen-bond acceptors (Lipinski definition) is 5. The molecule has 0 radical (unpaired) electrons. The Morgan fingerprint density at radius 1 is 1.22 bits per heavy atom. The van der Waals surface area contributed by atoms with Crippen molar-refractivity contribution in [3.63, 3.8) is 0 Å². The van der Waals surface area contributed by atoms with Gasteiger partial charge in [-0.1, -0.05) is 11.2 Å². The molecular weight excluding hydrogens is 302 g/mol. The van der Waals surface area contributed by atoms with E-state index >= 15 is 0 Å². The van der Waals surface area contributed by atoms with Gasteiger partial charge in [-0.05, 0) is 25.5 Å². The molecule has 0 spiro atoms. The summed E-state index contributed by atoms with van der Waals surface area (Å²) in [6.07, 6.45) is 2.08. The van der Waals surface area contributed by atoms with Crippen LogP contribution in [0.1, 0.15) is 23.6 Å². The summed E-state index contributed by atoms with van der Waals surface area (Å²) in [7, 11) is 0. The minimum atomic E-state index is -0.495. The number of aromatic nitrogens is 3. The Hall–Kier alpha value is -2.57. The average molecular weight is 316 g/mol. The summed E-state index contributed by atoms with van der Waals surface area (Å²) in [5, 5.41) is 4.66. The van der Waals surface area contributed by atoms with Crippen LogP contribution in [0.25, 0.3) is 11.1 Å². The van der Waals surface area contributed by atoms with Crippen LogP contribution in [0.2, 0.25) is 0 Å². The van der Waals surface area contributed by atoms with Crippen molar-refractivity contribution in [3.05, 3.63) is 47.4 Å². The van der Waals surface area contributed by atoms with Crippen LogP contribution in [0.5, 0.6) is 0 Å². The van der Waals surface area contributed by atoms with Crippen molar-refractivity contribution in [1.82, 2.24) is 15.1 Å². The Kier molecular flexibility index (Phi) is 3.21. The van der Waals surface area contributed by atoms with Gasteiger partial charge >= 0.3 is 0 Å². The van der Waals surface area contributed by atoms with E-state index in [1.54, 1.807) is 0 Å². The van der Waals surface area contributed by atoms with Crippen molar-refractivity contribution in [2.75, 3.05) is 18.0 Å². The van der Waals surface area contributed by atoms with Gasteiger partial charge in [-0.3, -0.25) is 0 Å². The molecule has 3 heterocycles. The van der Waals surface area contributed by atoms with Crippen molar-refractivity contribution in [2.24, 2.45) is 0 Å². The molecule has 1 aromatic carbocycles. The fourth-order valence-corrected chi connectivity index (χ4v) is 3.23. The summed E-state index contributed by atoms with van der Waals surface area (Å²) in [5.74, 6) is -0.494. The predicted molar refractivity (Wildman–Crippen MR) is 80.3 cm³/mol. The molecular formula is C16H14F2N4O. The molecule has 1 saturated heterocycles. The molecule has 2 aromatic heterocycles. The molecule has 0 amide bonds. The highest BCUT2D eigenvalue weighted by atomic mass is 19.1. The summed E-state index contributed by atoms with van der Waals surface area (Å²) in [5.41, 5.74) is 1.28. The Balaban J connectivity index is 1.69. The maximum Gasteiger partial charge on any atom is 0.263 e. The van der Waals surface area contributed by atoms with E-state index in [9.17, 15) is 8.78 Å². The number of nitrogens with zero attached hydrogens (tertiary/aromatic N) is 4. The number of rotatable bonds is 2. The summed E-state index contributed by atoms with van der Waals surface area (Å²) >= 11 is 0. The molecule has 1 aliphatic heterocycles. The van der Waals surface area contributed by atoms with Crippen LogP contribution in [0.3, 0.4) is 0 Å². The lowest BCUT2D eigenvalue weighted by molar-refractivity contribution is 0.442. The standard InChI is InChI=1S/C16H14F2N4O/c1-9-13-15(19-8-20-16(13)23-21-9)22-6-5-10(7-22)14-11(17)3-2-4-12(14)18/h2-4,8,10H,5-7H2,1H3/t10-/m1/s1. The number of aryl methyl sites for hydroxylation is 1. The molecule has 3 aromatic rings. The second kappa shape index (κ2) is 5.26. The predicted octanol–water partition coefficient (Wildman–Crippen LogP) is 3.20. The first-order chi connectivity index (χ1) is 11.1. The van der Waals surface area contributed by atoms with Gasteiger partial charge in [0.25, 0.3) is 5.71 Å². The monoisotopic (exact) mass is 316 g/mol. The van der Waals surface area contributed by atoms with E-state index in [2.05, 4.69) is 15.1 Å². The third kappa shape index (κ3) is 2.23. The van der Waals surface area contributed by atoms with Gasteiger partial charge in [0.1, 0.15) is 29.2 Å². The summed E-state index contributed by atoms with van der Waals surface area (Å²) in [4.78, 5) is 10.4. The summed E-state index contributed by atoms with van der Waals surface area (Å²) in [6, 6.07) is 3.98. The number of halogens is 2. The van der Waals surface area contributed by atoms with Crippen LogP contribution in [-0.2, 0) is 0 Å². The molecule has 7 heteroatoms. The molecule has 1 atom stereocenters. The quantitative estimate of drug-likeness (QED) is 0.727. The lowest BCUT2D eigenvalue weighted by Crippen LogP contribution is -2.21. The number of fused-ring (bicyclic) bond motifs is 1. The van der Waals surface area contributed by atoms with Gasteiger partial charge < -0.3 is 9.42 Å². The molecule has 5 nitrogen and oxygen atoms in total. The fraction of sp³-hybridized carbons (Fsp3) is 0.312.